The zero-order chi connectivity index (χ0) is 22.4. The molecule has 2 rings (SSSR count). The predicted octanol–water partition coefficient (Wildman–Crippen LogP) is 3.97. The molecule has 0 heterocycles. The molecule has 0 bridgehead atoms. The molecule has 0 radical (unpaired) electrons. The van der Waals surface area contributed by atoms with E-state index in [0.29, 0.717) is 27.3 Å². The smallest absolute Gasteiger partial charge is 0.251 e. The second-order valence-corrected chi connectivity index (χ2v) is 7.29. The summed E-state index contributed by atoms with van der Waals surface area (Å²) in [7, 11) is 6.04. The summed E-state index contributed by atoms with van der Waals surface area (Å²) in [4.78, 5) is 26.7. The number of nitrogens with one attached hydrogen (secondary N) is 1. The maximum absolute atomic E-state index is 12.6. The van der Waals surface area contributed by atoms with Crippen molar-refractivity contribution in [3.05, 3.63) is 51.5 Å². The van der Waals surface area contributed by atoms with Crippen molar-refractivity contribution in [2.75, 3.05) is 34.9 Å². The standard InChI is InChI=1S/C21H24Cl2N2O5/c1-12(15-7-6-14(22)10-16(15)23)25(2)19(26)11-24-21(27)13-8-17(28-3)20(30-5)18(9-13)29-4/h6-10,12H,11H2,1-5H3,(H,24,27). The van der Waals surface area contributed by atoms with E-state index >= 15 is 0 Å². The Morgan fingerprint density at radius 1 is 1.03 bits per heavy atom. The molecule has 0 saturated carbocycles. The lowest BCUT2D eigenvalue weighted by Crippen LogP contribution is -2.39. The topological polar surface area (TPSA) is 77.1 Å². The van der Waals surface area contributed by atoms with Gasteiger partial charge in [-0.3, -0.25) is 9.59 Å². The summed E-state index contributed by atoms with van der Waals surface area (Å²) in [5.74, 6) is 0.330. The van der Waals surface area contributed by atoms with E-state index in [9.17, 15) is 9.59 Å². The van der Waals surface area contributed by atoms with Gasteiger partial charge < -0.3 is 24.4 Å². The second-order valence-electron chi connectivity index (χ2n) is 6.44. The molecule has 1 N–H and O–H groups in total. The van der Waals surface area contributed by atoms with E-state index in [4.69, 9.17) is 37.4 Å². The van der Waals surface area contributed by atoms with Crippen LogP contribution < -0.4 is 19.5 Å². The largest absolute Gasteiger partial charge is 0.493 e. The zero-order valence-corrected chi connectivity index (χ0v) is 18.9. The highest BCUT2D eigenvalue weighted by atomic mass is 35.5. The highest BCUT2D eigenvalue weighted by molar-refractivity contribution is 6.35. The quantitative estimate of drug-likeness (QED) is 0.652. The van der Waals surface area contributed by atoms with Crippen molar-refractivity contribution in [3.8, 4) is 17.2 Å². The summed E-state index contributed by atoms with van der Waals surface area (Å²) in [6.07, 6.45) is 0. The molecule has 1 unspecified atom stereocenters. The van der Waals surface area contributed by atoms with Gasteiger partial charge in [0.25, 0.3) is 5.91 Å². The summed E-state index contributed by atoms with van der Waals surface area (Å²) in [5.41, 5.74) is 1.03. The number of hydrogen-bond acceptors (Lipinski definition) is 5. The van der Waals surface area contributed by atoms with Crippen molar-refractivity contribution in [3.63, 3.8) is 0 Å². The third kappa shape index (κ3) is 5.29. The molecule has 0 aromatic heterocycles. The molecule has 2 aromatic carbocycles. The van der Waals surface area contributed by atoms with Crippen molar-refractivity contribution in [1.29, 1.82) is 0 Å². The molecule has 2 aromatic rings. The van der Waals surface area contributed by atoms with Crippen molar-refractivity contribution in [2.24, 2.45) is 0 Å². The van der Waals surface area contributed by atoms with Crippen molar-refractivity contribution >= 4 is 35.0 Å². The van der Waals surface area contributed by atoms with E-state index in [1.807, 2.05) is 6.92 Å². The third-order valence-corrected chi connectivity index (χ3v) is 5.28. The fourth-order valence-corrected chi connectivity index (χ4v) is 3.43. The van der Waals surface area contributed by atoms with Crippen molar-refractivity contribution in [1.82, 2.24) is 10.2 Å². The number of carbonyl (C=O) groups excluding carboxylic acids is 2. The monoisotopic (exact) mass is 454 g/mol. The van der Waals surface area contributed by atoms with Gasteiger partial charge in [0, 0.05) is 22.7 Å². The third-order valence-electron chi connectivity index (χ3n) is 4.71. The summed E-state index contributed by atoms with van der Waals surface area (Å²) in [6.45, 7) is 1.65. The maximum Gasteiger partial charge on any atom is 0.251 e. The van der Waals surface area contributed by atoms with Gasteiger partial charge in [0.15, 0.2) is 11.5 Å². The lowest BCUT2D eigenvalue weighted by molar-refractivity contribution is -0.130. The Balaban J connectivity index is 2.09. The number of likely N-dealkylation sites (N-methyl/N-ethyl adjacent to an activating group) is 1. The number of nitrogens with zero attached hydrogens (tertiary/aromatic N) is 1. The van der Waals surface area contributed by atoms with Gasteiger partial charge in [0.05, 0.1) is 33.9 Å². The molecule has 0 aliphatic carbocycles. The number of benzene rings is 2. The molecule has 30 heavy (non-hydrogen) atoms. The van der Waals surface area contributed by atoms with Crippen LogP contribution in [0.25, 0.3) is 0 Å². The summed E-state index contributed by atoms with van der Waals surface area (Å²) < 4.78 is 15.7. The van der Waals surface area contributed by atoms with E-state index < -0.39 is 5.91 Å². The average Bonchev–Trinajstić information content (AvgIpc) is 2.74. The summed E-state index contributed by atoms with van der Waals surface area (Å²) in [5, 5.41) is 3.60. The van der Waals surface area contributed by atoms with Crippen LogP contribution in [0.15, 0.2) is 30.3 Å². The van der Waals surface area contributed by atoms with Gasteiger partial charge in [-0.25, -0.2) is 0 Å². The van der Waals surface area contributed by atoms with Crippen LogP contribution in [0.4, 0.5) is 0 Å². The minimum absolute atomic E-state index is 0.193. The van der Waals surface area contributed by atoms with E-state index in [1.165, 1.54) is 38.4 Å². The Labute approximate surface area is 185 Å². The Bertz CT molecular complexity index is 911. The fourth-order valence-electron chi connectivity index (χ4n) is 2.86. The molecule has 9 heteroatoms. The molecule has 1 atom stereocenters. The summed E-state index contributed by atoms with van der Waals surface area (Å²) >= 11 is 12.2. The van der Waals surface area contributed by atoms with Crippen LogP contribution in [0.1, 0.15) is 28.9 Å². The van der Waals surface area contributed by atoms with E-state index in [0.717, 1.165) is 5.56 Å². The Morgan fingerprint density at radius 3 is 2.13 bits per heavy atom. The van der Waals surface area contributed by atoms with Gasteiger partial charge in [-0.05, 0) is 36.8 Å². The van der Waals surface area contributed by atoms with Gasteiger partial charge in [-0.15, -0.1) is 0 Å². The predicted molar refractivity (Wildman–Crippen MR) is 116 cm³/mol. The fraction of sp³-hybridized carbons (Fsp3) is 0.333. The number of amides is 2. The molecule has 0 aliphatic heterocycles. The first-order valence-electron chi connectivity index (χ1n) is 9.02. The van der Waals surface area contributed by atoms with Crippen molar-refractivity contribution in [2.45, 2.75) is 13.0 Å². The van der Waals surface area contributed by atoms with Gasteiger partial charge in [0.2, 0.25) is 11.7 Å². The Kier molecular flexibility index (Phi) is 8.20. The molecule has 0 spiro atoms. The van der Waals surface area contributed by atoms with Crippen LogP contribution in [0.2, 0.25) is 10.0 Å². The second kappa shape index (κ2) is 10.4. The maximum atomic E-state index is 12.6. The molecule has 162 valence electrons. The van der Waals surface area contributed by atoms with Crippen molar-refractivity contribution < 1.29 is 23.8 Å². The SMILES string of the molecule is COc1cc(C(=O)NCC(=O)N(C)C(C)c2ccc(Cl)cc2Cl)cc(OC)c1OC. The van der Waals surface area contributed by atoms with Gasteiger partial charge in [-0.2, -0.15) is 0 Å². The van der Waals surface area contributed by atoms with Gasteiger partial charge in [0.1, 0.15) is 0 Å². The molecule has 0 saturated heterocycles. The molecular formula is C21H24Cl2N2O5. The first-order chi connectivity index (χ1) is 14.2. The summed E-state index contributed by atoms with van der Waals surface area (Å²) in [6, 6.07) is 7.83. The minimum Gasteiger partial charge on any atom is -0.493 e. The van der Waals surface area contributed by atoms with E-state index in [-0.39, 0.29) is 24.1 Å². The van der Waals surface area contributed by atoms with Gasteiger partial charge >= 0.3 is 0 Å². The van der Waals surface area contributed by atoms with Gasteiger partial charge in [-0.1, -0.05) is 29.3 Å². The highest BCUT2D eigenvalue weighted by Crippen LogP contribution is 2.38. The lowest BCUT2D eigenvalue weighted by Gasteiger charge is -2.26. The normalized spacial score (nSPS) is 11.4. The average molecular weight is 455 g/mol. The number of ether oxygens (including phenoxy) is 3. The van der Waals surface area contributed by atoms with Crippen LogP contribution in [0.5, 0.6) is 17.2 Å². The number of hydrogen-bond donors (Lipinski definition) is 1. The first kappa shape index (κ1) is 23.6. The van der Waals surface area contributed by atoms with Crippen LogP contribution in [-0.4, -0.2) is 51.6 Å². The number of rotatable bonds is 8. The molecule has 2 amide bonds. The minimum atomic E-state index is -0.451. The number of methoxy groups -OCH3 is 3. The van der Waals surface area contributed by atoms with Crippen LogP contribution in [0.3, 0.4) is 0 Å². The molecule has 7 nitrogen and oxygen atoms in total. The van der Waals surface area contributed by atoms with E-state index in [1.54, 1.807) is 25.2 Å². The highest BCUT2D eigenvalue weighted by Gasteiger charge is 2.21. The molecule has 0 fully saturated rings. The van der Waals surface area contributed by atoms with E-state index in [2.05, 4.69) is 5.32 Å². The Morgan fingerprint density at radius 2 is 1.63 bits per heavy atom. The Hall–Kier alpha value is -2.64. The zero-order valence-electron chi connectivity index (χ0n) is 17.4. The molecular weight excluding hydrogens is 431 g/mol. The van der Waals surface area contributed by atoms with Crippen LogP contribution in [0, 0.1) is 0 Å². The first-order valence-corrected chi connectivity index (χ1v) is 9.77. The lowest BCUT2D eigenvalue weighted by atomic mass is 10.1. The number of carbonyl (C=O) groups is 2. The molecule has 0 aliphatic rings. The number of halogens is 2. The van der Waals surface area contributed by atoms with Crippen LogP contribution in [-0.2, 0) is 4.79 Å². The van der Waals surface area contributed by atoms with Crippen LogP contribution >= 0.6 is 23.2 Å².